The molecule has 2 heteroatoms. The zero-order chi connectivity index (χ0) is 7.49. The van der Waals surface area contributed by atoms with Crippen molar-refractivity contribution in [3.63, 3.8) is 0 Å². The number of hydrogen-bond donors (Lipinski definition) is 0. The summed E-state index contributed by atoms with van der Waals surface area (Å²) in [7, 11) is 0. The summed E-state index contributed by atoms with van der Waals surface area (Å²) in [5.74, 6) is 0. The van der Waals surface area contributed by atoms with E-state index in [2.05, 4.69) is 10.2 Å². The molecule has 0 spiro atoms. The van der Waals surface area contributed by atoms with Crippen molar-refractivity contribution in [1.82, 2.24) is 0 Å². The van der Waals surface area contributed by atoms with Crippen molar-refractivity contribution in [2.24, 2.45) is 10.2 Å². The Morgan fingerprint density at radius 3 is 1.67 bits per heavy atom. The Kier molecular flexibility index (Phi) is 2.82. The van der Waals surface area contributed by atoms with Gasteiger partial charge in [0.25, 0.3) is 0 Å². The van der Waals surface area contributed by atoms with Crippen LogP contribution in [0.25, 0.3) is 0 Å². The van der Waals surface area contributed by atoms with Gasteiger partial charge in [0, 0.05) is 0 Å². The van der Waals surface area contributed by atoms with Gasteiger partial charge in [-0.25, -0.2) is 0 Å². The third-order valence-corrected chi connectivity index (χ3v) is 0.589. The Morgan fingerprint density at radius 1 is 1.11 bits per heavy atom. The first-order valence-electron chi connectivity index (χ1n) is 3.34. The highest BCUT2D eigenvalue weighted by Gasteiger charge is 2.05. The molecule has 0 aromatic heterocycles. The summed E-state index contributed by atoms with van der Waals surface area (Å²) in [6.45, 7) is 10.2. The lowest BCUT2D eigenvalue weighted by Crippen LogP contribution is -2.08. The molecule has 0 amide bonds. The molecule has 0 aliphatic carbocycles. The fourth-order valence-electron chi connectivity index (χ4n) is 0.289. The van der Waals surface area contributed by atoms with Gasteiger partial charge in [0.05, 0.1) is 11.6 Å². The molecule has 0 atom stereocenters. The molecule has 54 valence electrons. The van der Waals surface area contributed by atoms with Crippen LogP contribution >= 0.6 is 0 Å². The number of hydrogen-bond acceptors (Lipinski definition) is 2. The molecule has 0 aliphatic heterocycles. The monoisotopic (exact) mass is 128 g/mol. The highest BCUT2D eigenvalue weighted by Crippen LogP contribution is 2.07. The zero-order valence-corrected chi connectivity index (χ0v) is 6.97. The first kappa shape index (κ1) is 8.60. The summed E-state index contributed by atoms with van der Waals surface area (Å²) in [6, 6.07) is 0.323. The number of nitrogens with zero attached hydrogens (tertiary/aromatic N) is 2. The number of rotatable bonds is 1. The van der Waals surface area contributed by atoms with Gasteiger partial charge in [-0.2, -0.15) is 10.2 Å². The van der Waals surface area contributed by atoms with Crippen LogP contribution in [0.5, 0.6) is 0 Å². The minimum absolute atomic E-state index is 0.00965. The van der Waals surface area contributed by atoms with E-state index in [1.54, 1.807) is 0 Å². The molecule has 0 N–H and O–H groups in total. The standard InChI is InChI=1S/C7H16N2/c1-6(2)8-9-7(3,4)5/h6H,1-5H3. The van der Waals surface area contributed by atoms with Gasteiger partial charge < -0.3 is 0 Å². The van der Waals surface area contributed by atoms with Crippen molar-refractivity contribution < 1.29 is 0 Å². The summed E-state index contributed by atoms with van der Waals surface area (Å²) in [5, 5.41) is 8.10. The summed E-state index contributed by atoms with van der Waals surface area (Å²) < 4.78 is 0. The maximum Gasteiger partial charge on any atom is 0.0732 e. The van der Waals surface area contributed by atoms with E-state index >= 15 is 0 Å². The summed E-state index contributed by atoms with van der Waals surface area (Å²) in [6.07, 6.45) is 0. The summed E-state index contributed by atoms with van der Waals surface area (Å²) >= 11 is 0. The lowest BCUT2D eigenvalue weighted by Gasteiger charge is -2.09. The molecule has 0 aliphatic rings. The van der Waals surface area contributed by atoms with Crippen LogP contribution in [-0.2, 0) is 0 Å². The maximum atomic E-state index is 4.08. The smallest absolute Gasteiger partial charge is 0.0732 e. The van der Waals surface area contributed by atoms with Crippen LogP contribution in [0, 0.1) is 0 Å². The Hall–Kier alpha value is -0.400. The molecule has 0 aromatic rings. The van der Waals surface area contributed by atoms with Crippen molar-refractivity contribution in [2.45, 2.75) is 46.2 Å². The number of azo groups is 1. The molecule has 0 fully saturated rings. The van der Waals surface area contributed by atoms with E-state index in [1.165, 1.54) is 0 Å². The van der Waals surface area contributed by atoms with E-state index in [0.29, 0.717) is 6.04 Å². The van der Waals surface area contributed by atoms with Crippen molar-refractivity contribution in [2.75, 3.05) is 0 Å². The van der Waals surface area contributed by atoms with Crippen LogP contribution < -0.4 is 0 Å². The average Bonchev–Trinajstić information content (AvgIpc) is 1.59. The van der Waals surface area contributed by atoms with Crippen LogP contribution in [0.15, 0.2) is 10.2 Å². The summed E-state index contributed by atoms with van der Waals surface area (Å²) in [4.78, 5) is 0. The van der Waals surface area contributed by atoms with Crippen molar-refractivity contribution in [3.05, 3.63) is 0 Å². The van der Waals surface area contributed by atoms with Crippen LogP contribution in [0.2, 0.25) is 0 Å². The highest BCUT2D eigenvalue weighted by molar-refractivity contribution is 4.67. The second kappa shape index (κ2) is 2.95. The second-order valence-electron chi connectivity index (χ2n) is 3.48. The average molecular weight is 128 g/mol. The van der Waals surface area contributed by atoms with Crippen LogP contribution in [0.3, 0.4) is 0 Å². The molecule has 0 aromatic carbocycles. The lowest BCUT2D eigenvalue weighted by molar-refractivity contribution is 0.523. The fraction of sp³-hybridized carbons (Fsp3) is 1.00. The molecule has 0 bridgehead atoms. The highest BCUT2D eigenvalue weighted by atomic mass is 15.1. The first-order valence-corrected chi connectivity index (χ1v) is 3.34. The Balaban J connectivity index is 3.71. The maximum absolute atomic E-state index is 4.08. The lowest BCUT2D eigenvalue weighted by atomic mass is 10.1. The normalized spacial score (nSPS) is 13.6. The Bertz CT molecular complexity index is 98.0. The van der Waals surface area contributed by atoms with Gasteiger partial charge in [-0.3, -0.25) is 0 Å². The summed E-state index contributed by atoms with van der Waals surface area (Å²) in [5.41, 5.74) is -0.00965. The first-order chi connectivity index (χ1) is 3.92. The van der Waals surface area contributed by atoms with Crippen LogP contribution in [-0.4, -0.2) is 11.6 Å². The molecule has 0 radical (unpaired) electrons. The van der Waals surface area contributed by atoms with Crippen LogP contribution in [0.4, 0.5) is 0 Å². The molecule has 0 heterocycles. The zero-order valence-electron chi connectivity index (χ0n) is 6.97. The third-order valence-electron chi connectivity index (χ3n) is 0.589. The van der Waals surface area contributed by atoms with E-state index < -0.39 is 0 Å². The Morgan fingerprint density at radius 2 is 1.56 bits per heavy atom. The van der Waals surface area contributed by atoms with Gasteiger partial charge >= 0.3 is 0 Å². The molecule has 9 heavy (non-hydrogen) atoms. The Labute approximate surface area is 57.4 Å². The van der Waals surface area contributed by atoms with Gasteiger partial charge in [0.15, 0.2) is 0 Å². The van der Waals surface area contributed by atoms with Crippen LogP contribution in [0.1, 0.15) is 34.6 Å². The van der Waals surface area contributed by atoms with Crippen molar-refractivity contribution >= 4 is 0 Å². The minimum Gasteiger partial charge on any atom is -0.191 e. The van der Waals surface area contributed by atoms with E-state index in [4.69, 9.17) is 0 Å². The fourth-order valence-corrected chi connectivity index (χ4v) is 0.289. The predicted octanol–water partition coefficient (Wildman–Crippen LogP) is 2.65. The van der Waals surface area contributed by atoms with E-state index in [0.717, 1.165) is 0 Å². The van der Waals surface area contributed by atoms with Gasteiger partial charge in [0.1, 0.15) is 0 Å². The quantitative estimate of drug-likeness (QED) is 0.485. The topological polar surface area (TPSA) is 24.7 Å². The van der Waals surface area contributed by atoms with Gasteiger partial charge in [-0.1, -0.05) is 0 Å². The third kappa shape index (κ3) is 7.60. The van der Waals surface area contributed by atoms with Gasteiger partial charge in [-0.05, 0) is 34.6 Å². The largest absolute Gasteiger partial charge is 0.191 e. The van der Waals surface area contributed by atoms with Gasteiger partial charge in [0.2, 0.25) is 0 Å². The molecule has 0 saturated heterocycles. The molecular weight excluding hydrogens is 112 g/mol. The molecule has 0 saturated carbocycles. The van der Waals surface area contributed by atoms with Gasteiger partial charge in [-0.15, -0.1) is 0 Å². The molecule has 0 rings (SSSR count). The van der Waals surface area contributed by atoms with Crippen molar-refractivity contribution in [1.29, 1.82) is 0 Å². The van der Waals surface area contributed by atoms with E-state index in [-0.39, 0.29) is 5.54 Å². The second-order valence-corrected chi connectivity index (χ2v) is 3.48. The van der Waals surface area contributed by atoms with E-state index in [1.807, 2.05) is 34.6 Å². The van der Waals surface area contributed by atoms with Crippen molar-refractivity contribution in [3.8, 4) is 0 Å². The van der Waals surface area contributed by atoms with E-state index in [9.17, 15) is 0 Å². The molecule has 0 unspecified atom stereocenters. The molecular formula is C7H16N2. The minimum atomic E-state index is -0.00965. The molecule has 2 nitrogen and oxygen atoms in total. The SMILES string of the molecule is CC(C)N=NC(C)(C)C. The predicted molar refractivity (Wildman–Crippen MR) is 39.7 cm³/mol.